The molecule has 0 aliphatic rings. The number of esters is 2. The molecule has 0 amide bonds. The fourth-order valence-corrected chi connectivity index (χ4v) is 2.08. The standard InChI is InChI=1S/C20H14O4/c21-19(23-17-10-3-1-4-11-17)15-8-7-9-16(14-15)20(22)24-18-12-5-2-6-13-18/h1-14H. The molecule has 0 bridgehead atoms. The smallest absolute Gasteiger partial charge is 0.343 e. The van der Waals surface area contributed by atoms with Gasteiger partial charge in [0, 0.05) is 0 Å². The van der Waals surface area contributed by atoms with Crippen molar-refractivity contribution in [2.24, 2.45) is 0 Å². The molecule has 3 rings (SSSR count). The number of carbonyl (C=O) groups is 2. The lowest BCUT2D eigenvalue weighted by Crippen LogP contribution is -2.12. The molecule has 3 aromatic carbocycles. The van der Waals surface area contributed by atoms with E-state index in [0.717, 1.165) is 0 Å². The summed E-state index contributed by atoms with van der Waals surface area (Å²) in [5.41, 5.74) is 0.558. The van der Waals surface area contributed by atoms with E-state index in [1.807, 2.05) is 12.1 Å². The number of benzene rings is 3. The van der Waals surface area contributed by atoms with Crippen molar-refractivity contribution in [3.05, 3.63) is 96.1 Å². The molecule has 0 aliphatic carbocycles. The molecule has 0 fully saturated rings. The van der Waals surface area contributed by atoms with Gasteiger partial charge in [0.05, 0.1) is 11.1 Å². The maximum absolute atomic E-state index is 12.2. The average Bonchev–Trinajstić information content (AvgIpc) is 2.63. The molecule has 0 aliphatic heterocycles. The fraction of sp³-hybridized carbons (Fsp3) is 0. The normalized spacial score (nSPS) is 10.0. The van der Waals surface area contributed by atoms with Crippen molar-refractivity contribution < 1.29 is 19.1 Å². The Hall–Kier alpha value is -3.40. The van der Waals surface area contributed by atoms with Crippen molar-refractivity contribution in [3.8, 4) is 11.5 Å². The molecule has 0 N–H and O–H groups in total. The third kappa shape index (κ3) is 3.87. The van der Waals surface area contributed by atoms with Gasteiger partial charge in [-0.05, 0) is 42.5 Å². The van der Waals surface area contributed by atoms with Crippen LogP contribution in [-0.2, 0) is 0 Å². The first-order chi connectivity index (χ1) is 11.7. The summed E-state index contributed by atoms with van der Waals surface area (Å²) in [4.78, 5) is 24.3. The van der Waals surface area contributed by atoms with Crippen LogP contribution in [0.1, 0.15) is 20.7 Å². The van der Waals surface area contributed by atoms with Crippen molar-refractivity contribution >= 4 is 11.9 Å². The number of ether oxygens (including phenoxy) is 2. The first-order valence-electron chi connectivity index (χ1n) is 7.37. The van der Waals surface area contributed by atoms with E-state index in [1.54, 1.807) is 66.7 Å². The highest BCUT2D eigenvalue weighted by Crippen LogP contribution is 2.15. The Labute approximate surface area is 139 Å². The minimum Gasteiger partial charge on any atom is -0.423 e. The fourth-order valence-electron chi connectivity index (χ4n) is 2.08. The predicted octanol–water partition coefficient (Wildman–Crippen LogP) is 4.13. The molecule has 3 aromatic rings. The zero-order chi connectivity index (χ0) is 16.8. The monoisotopic (exact) mass is 318 g/mol. The Morgan fingerprint density at radius 1 is 0.542 bits per heavy atom. The molecule has 24 heavy (non-hydrogen) atoms. The topological polar surface area (TPSA) is 52.6 Å². The first-order valence-corrected chi connectivity index (χ1v) is 7.37. The average molecular weight is 318 g/mol. The maximum atomic E-state index is 12.2. The molecular formula is C20H14O4. The molecule has 0 heterocycles. The van der Waals surface area contributed by atoms with Gasteiger partial charge in [-0.2, -0.15) is 0 Å². The minimum atomic E-state index is -0.532. The molecule has 118 valence electrons. The molecular weight excluding hydrogens is 304 g/mol. The van der Waals surface area contributed by atoms with Crippen LogP contribution in [0.3, 0.4) is 0 Å². The summed E-state index contributed by atoms with van der Waals surface area (Å²) < 4.78 is 10.5. The van der Waals surface area contributed by atoms with Crippen molar-refractivity contribution in [2.45, 2.75) is 0 Å². The van der Waals surface area contributed by atoms with Crippen LogP contribution in [0, 0.1) is 0 Å². The lowest BCUT2D eigenvalue weighted by Gasteiger charge is -2.07. The third-order valence-electron chi connectivity index (χ3n) is 3.24. The Morgan fingerprint density at radius 2 is 0.958 bits per heavy atom. The second kappa shape index (κ2) is 7.24. The number of hydrogen-bond donors (Lipinski definition) is 0. The van der Waals surface area contributed by atoms with E-state index in [9.17, 15) is 9.59 Å². The van der Waals surface area contributed by atoms with Crippen LogP contribution in [0.25, 0.3) is 0 Å². The van der Waals surface area contributed by atoms with Gasteiger partial charge in [-0.3, -0.25) is 0 Å². The molecule has 0 atom stereocenters. The number of carbonyl (C=O) groups excluding carboxylic acids is 2. The SMILES string of the molecule is O=C(Oc1ccccc1)c1cccc(C(=O)Oc2ccccc2)c1. The molecule has 0 saturated carbocycles. The quantitative estimate of drug-likeness (QED) is 0.536. The largest absolute Gasteiger partial charge is 0.423 e. The van der Waals surface area contributed by atoms with Crippen LogP contribution in [0.2, 0.25) is 0 Å². The summed E-state index contributed by atoms with van der Waals surface area (Å²) in [7, 11) is 0. The van der Waals surface area contributed by atoms with Crippen LogP contribution in [0.5, 0.6) is 11.5 Å². The summed E-state index contributed by atoms with van der Waals surface area (Å²) in [6.07, 6.45) is 0. The highest BCUT2D eigenvalue weighted by atomic mass is 16.5. The Bertz CT molecular complexity index is 773. The minimum absolute atomic E-state index is 0.279. The van der Waals surface area contributed by atoms with E-state index in [0.29, 0.717) is 11.5 Å². The van der Waals surface area contributed by atoms with Gasteiger partial charge in [-0.25, -0.2) is 9.59 Å². The molecule has 0 saturated heterocycles. The van der Waals surface area contributed by atoms with Crippen molar-refractivity contribution in [2.75, 3.05) is 0 Å². The maximum Gasteiger partial charge on any atom is 0.343 e. The van der Waals surface area contributed by atoms with E-state index in [2.05, 4.69) is 0 Å². The van der Waals surface area contributed by atoms with Gasteiger partial charge in [0.15, 0.2) is 0 Å². The molecule has 0 unspecified atom stereocenters. The van der Waals surface area contributed by atoms with Crippen molar-refractivity contribution in [1.82, 2.24) is 0 Å². The van der Waals surface area contributed by atoms with E-state index in [-0.39, 0.29) is 11.1 Å². The Morgan fingerprint density at radius 3 is 1.38 bits per heavy atom. The third-order valence-corrected chi connectivity index (χ3v) is 3.24. The second-order valence-corrected chi connectivity index (χ2v) is 4.99. The van der Waals surface area contributed by atoms with Gasteiger partial charge in [-0.15, -0.1) is 0 Å². The van der Waals surface area contributed by atoms with E-state index in [4.69, 9.17) is 9.47 Å². The van der Waals surface area contributed by atoms with Crippen LogP contribution >= 0.6 is 0 Å². The van der Waals surface area contributed by atoms with Gasteiger partial charge >= 0.3 is 11.9 Å². The molecule has 0 aromatic heterocycles. The zero-order valence-corrected chi connectivity index (χ0v) is 12.7. The molecule has 0 spiro atoms. The van der Waals surface area contributed by atoms with Crippen molar-refractivity contribution in [1.29, 1.82) is 0 Å². The predicted molar refractivity (Wildman–Crippen MR) is 89.2 cm³/mol. The lowest BCUT2D eigenvalue weighted by molar-refractivity contribution is 0.0734. The summed E-state index contributed by atoms with van der Waals surface area (Å²) >= 11 is 0. The molecule has 4 heteroatoms. The Balaban J connectivity index is 1.74. The second-order valence-electron chi connectivity index (χ2n) is 4.99. The number of para-hydroxylation sites is 2. The van der Waals surface area contributed by atoms with E-state index >= 15 is 0 Å². The number of rotatable bonds is 4. The van der Waals surface area contributed by atoms with Gasteiger partial charge < -0.3 is 9.47 Å². The van der Waals surface area contributed by atoms with Gasteiger partial charge in [0.1, 0.15) is 11.5 Å². The summed E-state index contributed by atoms with van der Waals surface area (Å²) in [5.74, 6) is -0.175. The van der Waals surface area contributed by atoms with Gasteiger partial charge in [0.2, 0.25) is 0 Å². The zero-order valence-electron chi connectivity index (χ0n) is 12.7. The van der Waals surface area contributed by atoms with E-state index in [1.165, 1.54) is 6.07 Å². The van der Waals surface area contributed by atoms with Gasteiger partial charge in [0.25, 0.3) is 0 Å². The summed E-state index contributed by atoms with van der Waals surface area (Å²) in [6, 6.07) is 23.7. The molecule has 0 radical (unpaired) electrons. The highest BCUT2D eigenvalue weighted by molar-refractivity contribution is 5.96. The van der Waals surface area contributed by atoms with Crippen LogP contribution in [-0.4, -0.2) is 11.9 Å². The van der Waals surface area contributed by atoms with Gasteiger partial charge in [-0.1, -0.05) is 42.5 Å². The van der Waals surface area contributed by atoms with Crippen molar-refractivity contribution in [3.63, 3.8) is 0 Å². The van der Waals surface area contributed by atoms with Crippen LogP contribution < -0.4 is 9.47 Å². The first kappa shape index (κ1) is 15.5. The molecule has 4 nitrogen and oxygen atoms in total. The summed E-state index contributed by atoms with van der Waals surface area (Å²) in [5, 5.41) is 0. The lowest BCUT2D eigenvalue weighted by atomic mass is 10.1. The van der Waals surface area contributed by atoms with Crippen LogP contribution in [0.15, 0.2) is 84.9 Å². The number of hydrogen-bond acceptors (Lipinski definition) is 4. The highest BCUT2D eigenvalue weighted by Gasteiger charge is 2.13. The summed E-state index contributed by atoms with van der Waals surface area (Å²) in [6.45, 7) is 0. The van der Waals surface area contributed by atoms with Crippen LogP contribution in [0.4, 0.5) is 0 Å². The van der Waals surface area contributed by atoms with E-state index < -0.39 is 11.9 Å². The Kier molecular flexibility index (Phi) is 4.68.